The number of nitrogens with one attached hydrogen (secondary N) is 1. The van der Waals surface area contributed by atoms with E-state index in [2.05, 4.69) is 28.4 Å². The first-order valence-electron chi connectivity index (χ1n) is 9.89. The maximum absolute atomic E-state index is 12.4. The van der Waals surface area contributed by atoms with Gasteiger partial charge < -0.3 is 14.6 Å². The summed E-state index contributed by atoms with van der Waals surface area (Å²) in [4.78, 5) is 16.7. The largest absolute Gasteiger partial charge is 0.479 e. The Balaban J connectivity index is 1.45. The van der Waals surface area contributed by atoms with Crippen LogP contribution in [0, 0.1) is 19.3 Å². The molecular weight excluding hydrogens is 374 g/mol. The molecule has 1 aliphatic rings. The number of fused-ring (bicyclic) bond motifs is 1. The van der Waals surface area contributed by atoms with E-state index in [-0.39, 0.29) is 18.6 Å². The number of ether oxygens (including phenoxy) is 1. The Labute approximate surface area is 176 Å². The topological polar surface area (TPSA) is 56.1 Å². The molecule has 3 aromatic rings. The molecule has 0 saturated carbocycles. The summed E-state index contributed by atoms with van der Waals surface area (Å²) in [6.07, 6.45) is 14.1. The third kappa shape index (κ3) is 4.44. The summed E-state index contributed by atoms with van der Waals surface area (Å²) in [5, 5.41) is 3.09. The quantitative estimate of drug-likeness (QED) is 0.512. The number of carbonyl (C=O) groups excluding carboxylic acids is 1. The van der Waals surface area contributed by atoms with Gasteiger partial charge in [0.1, 0.15) is 12.4 Å². The summed E-state index contributed by atoms with van der Waals surface area (Å²) in [6.45, 7) is 2.09. The normalized spacial score (nSPS) is 13.2. The van der Waals surface area contributed by atoms with Gasteiger partial charge in [0.25, 0.3) is 0 Å². The number of nitrogens with zero attached hydrogens (tertiary/aromatic N) is 2. The molecule has 0 fully saturated rings. The number of hydrogen-bond donors (Lipinski definition) is 1. The van der Waals surface area contributed by atoms with E-state index in [4.69, 9.17) is 11.2 Å². The Morgan fingerprint density at radius 3 is 2.73 bits per heavy atom. The molecule has 1 amide bonds. The molecular formula is C25H23N3O2. The van der Waals surface area contributed by atoms with Crippen molar-refractivity contribution in [2.75, 3.05) is 6.61 Å². The molecule has 0 spiro atoms. The Kier molecular flexibility index (Phi) is 5.67. The first-order chi connectivity index (χ1) is 14.6. The highest BCUT2D eigenvalue weighted by molar-refractivity contribution is 5.92. The van der Waals surface area contributed by atoms with Crippen molar-refractivity contribution >= 4 is 12.0 Å². The van der Waals surface area contributed by atoms with Crippen molar-refractivity contribution in [1.29, 1.82) is 0 Å². The SMILES string of the molecule is C#CCOc1cc(C=CC(=O)NC2Cc3ccccc3C2)ccc1-n1cnc(C)c1. The van der Waals surface area contributed by atoms with E-state index < -0.39 is 0 Å². The van der Waals surface area contributed by atoms with Crippen LogP contribution in [0.2, 0.25) is 0 Å². The summed E-state index contributed by atoms with van der Waals surface area (Å²) in [7, 11) is 0. The minimum Gasteiger partial charge on any atom is -0.479 e. The molecule has 0 atom stereocenters. The van der Waals surface area contributed by atoms with Gasteiger partial charge in [-0.15, -0.1) is 6.42 Å². The number of rotatable bonds is 6. The number of terminal acetylenes is 1. The smallest absolute Gasteiger partial charge is 0.244 e. The molecule has 30 heavy (non-hydrogen) atoms. The fourth-order valence-electron chi connectivity index (χ4n) is 3.72. The molecule has 150 valence electrons. The molecule has 1 heterocycles. The van der Waals surface area contributed by atoms with E-state index in [0.717, 1.165) is 29.8 Å². The number of carbonyl (C=O) groups is 1. The van der Waals surface area contributed by atoms with Crippen molar-refractivity contribution in [2.45, 2.75) is 25.8 Å². The van der Waals surface area contributed by atoms with E-state index in [1.165, 1.54) is 11.1 Å². The van der Waals surface area contributed by atoms with Gasteiger partial charge in [0.15, 0.2) is 0 Å². The lowest BCUT2D eigenvalue weighted by Gasteiger charge is -2.12. The average Bonchev–Trinajstić information content (AvgIpc) is 3.36. The van der Waals surface area contributed by atoms with E-state index in [0.29, 0.717) is 5.75 Å². The van der Waals surface area contributed by atoms with Gasteiger partial charge in [0.05, 0.1) is 17.7 Å². The third-order valence-electron chi connectivity index (χ3n) is 5.11. The highest BCUT2D eigenvalue weighted by Crippen LogP contribution is 2.26. The van der Waals surface area contributed by atoms with Gasteiger partial charge in [-0.1, -0.05) is 36.3 Å². The van der Waals surface area contributed by atoms with Crippen LogP contribution in [-0.2, 0) is 17.6 Å². The molecule has 0 bridgehead atoms. The van der Waals surface area contributed by atoms with Gasteiger partial charge in [-0.2, -0.15) is 0 Å². The minimum atomic E-state index is -0.104. The van der Waals surface area contributed by atoms with Crippen LogP contribution in [0.25, 0.3) is 11.8 Å². The fourth-order valence-corrected chi connectivity index (χ4v) is 3.72. The summed E-state index contributed by atoms with van der Waals surface area (Å²) in [5.74, 6) is 3.02. The standard InChI is InChI=1S/C25H23N3O2/c1-3-12-30-24-13-19(8-10-23(24)28-16-18(2)26-17-28)9-11-25(29)27-22-14-20-6-4-5-7-21(20)15-22/h1,4-11,13,16-17,22H,12,14-15H2,2H3,(H,27,29). The molecule has 0 unspecified atom stereocenters. The van der Waals surface area contributed by atoms with E-state index in [9.17, 15) is 4.79 Å². The van der Waals surface area contributed by atoms with Gasteiger partial charge in [0.2, 0.25) is 5.91 Å². The predicted molar refractivity (Wildman–Crippen MR) is 117 cm³/mol. The molecule has 0 saturated heterocycles. The summed E-state index contributed by atoms with van der Waals surface area (Å²) < 4.78 is 7.61. The lowest BCUT2D eigenvalue weighted by atomic mass is 10.1. The van der Waals surface area contributed by atoms with E-state index in [1.54, 1.807) is 18.5 Å². The van der Waals surface area contributed by atoms with Gasteiger partial charge in [-0.3, -0.25) is 4.79 Å². The Morgan fingerprint density at radius 2 is 2.07 bits per heavy atom. The lowest BCUT2D eigenvalue weighted by molar-refractivity contribution is -0.117. The van der Waals surface area contributed by atoms with Crippen LogP contribution in [0.5, 0.6) is 5.75 Å². The van der Waals surface area contributed by atoms with Crippen LogP contribution in [0.15, 0.2) is 61.1 Å². The number of imidazole rings is 1. The molecule has 2 aromatic carbocycles. The van der Waals surface area contributed by atoms with Crippen LogP contribution in [0.4, 0.5) is 0 Å². The predicted octanol–water partition coefficient (Wildman–Crippen LogP) is 3.49. The number of amides is 1. The van der Waals surface area contributed by atoms with E-state index >= 15 is 0 Å². The third-order valence-corrected chi connectivity index (χ3v) is 5.11. The number of aromatic nitrogens is 2. The van der Waals surface area contributed by atoms with Crippen molar-refractivity contribution in [1.82, 2.24) is 14.9 Å². The van der Waals surface area contributed by atoms with Crippen molar-refractivity contribution < 1.29 is 9.53 Å². The van der Waals surface area contributed by atoms with Gasteiger partial charge in [0, 0.05) is 18.3 Å². The first-order valence-corrected chi connectivity index (χ1v) is 9.89. The van der Waals surface area contributed by atoms with Crippen molar-refractivity contribution in [2.24, 2.45) is 0 Å². The molecule has 1 aromatic heterocycles. The minimum absolute atomic E-state index is 0.104. The van der Waals surface area contributed by atoms with Gasteiger partial charge >= 0.3 is 0 Å². The second-order valence-corrected chi connectivity index (χ2v) is 7.36. The van der Waals surface area contributed by atoms with Crippen molar-refractivity contribution in [3.8, 4) is 23.8 Å². The van der Waals surface area contributed by atoms with Gasteiger partial charge in [-0.05, 0) is 54.7 Å². The maximum atomic E-state index is 12.4. The van der Waals surface area contributed by atoms with Crippen LogP contribution in [-0.4, -0.2) is 28.1 Å². The molecule has 5 nitrogen and oxygen atoms in total. The molecule has 5 heteroatoms. The first kappa shape index (κ1) is 19.5. The Morgan fingerprint density at radius 1 is 1.30 bits per heavy atom. The van der Waals surface area contributed by atoms with E-state index in [1.807, 2.05) is 48.0 Å². The summed E-state index contributed by atoms with van der Waals surface area (Å²) >= 11 is 0. The summed E-state index contributed by atoms with van der Waals surface area (Å²) in [5.41, 5.74) is 5.23. The summed E-state index contributed by atoms with van der Waals surface area (Å²) in [6, 6.07) is 14.2. The van der Waals surface area contributed by atoms with Crippen LogP contribution >= 0.6 is 0 Å². The maximum Gasteiger partial charge on any atom is 0.244 e. The molecule has 1 aliphatic carbocycles. The zero-order chi connectivity index (χ0) is 20.9. The Hall–Kier alpha value is -3.78. The van der Waals surface area contributed by atoms with Crippen molar-refractivity contribution in [3.63, 3.8) is 0 Å². The second kappa shape index (κ2) is 8.71. The molecule has 0 radical (unpaired) electrons. The lowest BCUT2D eigenvalue weighted by Crippen LogP contribution is -2.34. The highest BCUT2D eigenvalue weighted by atomic mass is 16.5. The van der Waals surface area contributed by atoms with Crippen LogP contribution in [0.1, 0.15) is 22.4 Å². The van der Waals surface area contributed by atoms with Crippen molar-refractivity contribution in [3.05, 3.63) is 83.4 Å². The number of hydrogen-bond acceptors (Lipinski definition) is 3. The Bertz CT molecular complexity index is 1110. The number of aryl methyl sites for hydroxylation is 1. The fraction of sp³-hybridized carbons (Fsp3) is 0.200. The van der Waals surface area contributed by atoms with Crippen LogP contribution in [0.3, 0.4) is 0 Å². The zero-order valence-corrected chi connectivity index (χ0v) is 16.8. The molecule has 4 rings (SSSR count). The zero-order valence-electron chi connectivity index (χ0n) is 16.8. The second-order valence-electron chi connectivity index (χ2n) is 7.36. The highest BCUT2D eigenvalue weighted by Gasteiger charge is 2.21. The van der Waals surface area contributed by atoms with Crippen LogP contribution < -0.4 is 10.1 Å². The molecule has 0 aliphatic heterocycles. The monoisotopic (exact) mass is 397 g/mol. The molecule has 1 N–H and O–H groups in total. The average molecular weight is 397 g/mol. The van der Waals surface area contributed by atoms with Gasteiger partial charge in [-0.25, -0.2) is 4.98 Å². The number of benzene rings is 2.